The highest BCUT2D eigenvalue weighted by atomic mass is 16.5. The summed E-state index contributed by atoms with van der Waals surface area (Å²) in [6.45, 7) is 25.0. The third-order valence-corrected chi connectivity index (χ3v) is 6.51. The van der Waals surface area contributed by atoms with Crippen molar-refractivity contribution in [1.82, 2.24) is 19.6 Å². The van der Waals surface area contributed by atoms with Gasteiger partial charge < -0.3 is 9.64 Å². The molecule has 3 rings (SSSR count). The van der Waals surface area contributed by atoms with Crippen LogP contribution in [0.15, 0.2) is 0 Å². The van der Waals surface area contributed by atoms with Crippen molar-refractivity contribution in [2.45, 2.75) is 78.6 Å². The Hall–Kier alpha value is -0.200. The third-order valence-electron chi connectivity index (χ3n) is 6.51. The van der Waals surface area contributed by atoms with E-state index >= 15 is 0 Å². The second-order valence-corrected chi connectivity index (χ2v) is 8.78. The van der Waals surface area contributed by atoms with Crippen molar-refractivity contribution in [2.24, 2.45) is 0 Å². The monoisotopic (exact) mass is 382 g/mol. The maximum absolute atomic E-state index is 6.04. The molecule has 0 aromatic carbocycles. The predicted octanol–water partition coefficient (Wildman–Crippen LogP) is 2.61. The number of hydrogen-bond donors (Lipinski definition) is 0. The van der Waals surface area contributed by atoms with E-state index in [0.717, 1.165) is 32.3 Å². The van der Waals surface area contributed by atoms with Gasteiger partial charge in [-0.2, -0.15) is 0 Å². The van der Waals surface area contributed by atoms with Crippen molar-refractivity contribution in [3.05, 3.63) is 0 Å². The number of piperidine rings is 1. The van der Waals surface area contributed by atoms with E-state index in [1.165, 1.54) is 52.1 Å². The molecule has 27 heavy (non-hydrogen) atoms. The molecule has 5 heteroatoms. The number of rotatable bonds is 5. The summed E-state index contributed by atoms with van der Waals surface area (Å²) in [6.07, 6.45) is 3.08. The number of morpholine rings is 1. The molecule has 160 valence electrons. The average molecular weight is 383 g/mol. The Bertz CT molecular complexity index is 388. The Kier molecular flexibility index (Phi) is 10.0. The maximum atomic E-state index is 6.04. The minimum atomic E-state index is 0.405. The van der Waals surface area contributed by atoms with Gasteiger partial charge in [0.2, 0.25) is 0 Å². The van der Waals surface area contributed by atoms with Crippen LogP contribution in [0.5, 0.6) is 0 Å². The zero-order valence-corrected chi connectivity index (χ0v) is 19.0. The molecule has 0 radical (unpaired) electrons. The first-order valence-electron chi connectivity index (χ1n) is 11.6. The van der Waals surface area contributed by atoms with Crippen LogP contribution in [-0.4, -0.2) is 109 Å². The van der Waals surface area contributed by atoms with E-state index in [1.54, 1.807) is 0 Å². The fourth-order valence-electron chi connectivity index (χ4n) is 4.70. The normalized spacial score (nSPS) is 27.8. The molecule has 1 unspecified atom stereocenters. The molecule has 3 heterocycles. The standard InChI is InChI=1S/C20H40N4O.C2H6/c1-17(2)22-9-11-23(12-10-22)19-5-7-21(8-6-19)15-20-16-24(18(3)4)13-14-25-20;1-2/h17-20H,5-16H2,1-4H3;1-2H3. The van der Waals surface area contributed by atoms with Crippen LogP contribution in [-0.2, 0) is 4.74 Å². The largest absolute Gasteiger partial charge is 0.374 e. The van der Waals surface area contributed by atoms with Gasteiger partial charge in [-0.15, -0.1) is 0 Å². The molecule has 5 nitrogen and oxygen atoms in total. The molecule has 3 fully saturated rings. The zero-order chi connectivity index (χ0) is 19.8. The number of likely N-dealkylation sites (tertiary alicyclic amines) is 1. The van der Waals surface area contributed by atoms with Crippen molar-refractivity contribution in [1.29, 1.82) is 0 Å². The topological polar surface area (TPSA) is 22.2 Å². The zero-order valence-electron chi connectivity index (χ0n) is 19.0. The number of hydrogen-bond acceptors (Lipinski definition) is 5. The van der Waals surface area contributed by atoms with E-state index in [2.05, 4.69) is 47.3 Å². The van der Waals surface area contributed by atoms with E-state index in [9.17, 15) is 0 Å². The SMILES string of the molecule is CC.CC(C)N1CCN(C2CCN(CC3CN(C(C)C)CCO3)CC2)CC1. The van der Waals surface area contributed by atoms with Gasteiger partial charge in [-0.05, 0) is 53.6 Å². The van der Waals surface area contributed by atoms with Crippen LogP contribution in [0.2, 0.25) is 0 Å². The summed E-state index contributed by atoms with van der Waals surface area (Å²) in [5, 5.41) is 0. The minimum Gasteiger partial charge on any atom is -0.374 e. The first-order chi connectivity index (χ1) is 13.0. The highest BCUT2D eigenvalue weighted by Crippen LogP contribution is 2.20. The van der Waals surface area contributed by atoms with Crippen molar-refractivity contribution < 1.29 is 4.74 Å². The highest BCUT2D eigenvalue weighted by Gasteiger charge is 2.30. The molecule has 3 saturated heterocycles. The summed E-state index contributed by atoms with van der Waals surface area (Å²) < 4.78 is 6.04. The summed E-state index contributed by atoms with van der Waals surface area (Å²) in [6, 6.07) is 2.15. The molecule has 0 aliphatic carbocycles. The number of ether oxygens (including phenoxy) is 1. The lowest BCUT2D eigenvalue weighted by Crippen LogP contribution is -2.55. The summed E-state index contributed by atoms with van der Waals surface area (Å²) in [5.74, 6) is 0. The lowest BCUT2D eigenvalue weighted by Gasteiger charge is -2.44. The quantitative estimate of drug-likeness (QED) is 0.727. The molecular formula is C22H46N4O. The summed E-state index contributed by atoms with van der Waals surface area (Å²) in [4.78, 5) is 10.6. The first kappa shape index (κ1) is 23.1. The van der Waals surface area contributed by atoms with Crippen LogP contribution in [0.4, 0.5) is 0 Å². The molecule has 0 saturated carbocycles. The maximum Gasteiger partial charge on any atom is 0.0829 e. The molecule has 1 atom stereocenters. The Morgan fingerprint density at radius 1 is 0.778 bits per heavy atom. The van der Waals surface area contributed by atoms with E-state index in [1.807, 2.05) is 13.8 Å². The van der Waals surface area contributed by atoms with E-state index in [0.29, 0.717) is 18.2 Å². The summed E-state index contributed by atoms with van der Waals surface area (Å²) in [5.41, 5.74) is 0. The van der Waals surface area contributed by atoms with Crippen LogP contribution in [0.1, 0.15) is 54.4 Å². The second kappa shape index (κ2) is 11.7. The van der Waals surface area contributed by atoms with Gasteiger partial charge in [0.25, 0.3) is 0 Å². The molecule has 0 N–H and O–H groups in total. The third kappa shape index (κ3) is 6.97. The van der Waals surface area contributed by atoms with Crippen LogP contribution < -0.4 is 0 Å². The Labute approximate surface area is 169 Å². The molecule has 0 amide bonds. The summed E-state index contributed by atoms with van der Waals surface area (Å²) in [7, 11) is 0. The molecule has 0 bridgehead atoms. The smallest absolute Gasteiger partial charge is 0.0829 e. The van der Waals surface area contributed by atoms with Gasteiger partial charge in [0.05, 0.1) is 12.7 Å². The average Bonchev–Trinajstić information content (AvgIpc) is 2.70. The van der Waals surface area contributed by atoms with Crippen LogP contribution in [0.3, 0.4) is 0 Å². The van der Waals surface area contributed by atoms with Crippen molar-refractivity contribution in [3.8, 4) is 0 Å². The number of piperazine rings is 1. The van der Waals surface area contributed by atoms with Crippen molar-refractivity contribution >= 4 is 0 Å². The lowest BCUT2D eigenvalue weighted by atomic mass is 10.0. The van der Waals surface area contributed by atoms with Gasteiger partial charge in [0.1, 0.15) is 0 Å². The molecular weight excluding hydrogens is 336 g/mol. The Morgan fingerprint density at radius 2 is 1.37 bits per heavy atom. The fraction of sp³-hybridized carbons (Fsp3) is 1.00. The second-order valence-electron chi connectivity index (χ2n) is 8.78. The fourth-order valence-corrected chi connectivity index (χ4v) is 4.70. The lowest BCUT2D eigenvalue weighted by molar-refractivity contribution is -0.0569. The Morgan fingerprint density at radius 3 is 1.93 bits per heavy atom. The Balaban J connectivity index is 0.00000126. The molecule has 3 aliphatic rings. The highest BCUT2D eigenvalue weighted by molar-refractivity contribution is 4.86. The molecule has 3 aliphatic heterocycles. The van der Waals surface area contributed by atoms with Crippen LogP contribution in [0, 0.1) is 0 Å². The van der Waals surface area contributed by atoms with Crippen molar-refractivity contribution in [3.63, 3.8) is 0 Å². The van der Waals surface area contributed by atoms with Gasteiger partial charge in [-0.1, -0.05) is 13.8 Å². The van der Waals surface area contributed by atoms with Gasteiger partial charge in [-0.3, -0.25) is 14.7 Å². The van der Waals surface area contributed by atoms with E-state index in [4.69, 9.17) is 4.74 Å². The van der Waals surface area contributed by atoms with E-state index in [-0.39, 0.29) is 0 Å². The summed E-state index contributed by atoms with van der Waals surface area (Å²) >= 11 is 0. The van der Waals surface area contributed by atoms with E-state index < -0.39 is 0 Å². The number of nitrogens with zero attached hydrogens (tertiary/aromatic N) is 4. The van der Waals surface area contributed by atoms with Crippen LogP contribution >= 0.6 is 0 Å². The van der Waals surface area contributed by atoms with Gasteiger partial charge in [-0.25, -0.2) is 0 Å². The van der Waals surface area contributed by atoms with Gasteiger partial charge in [0.15, 0.2) is 0 Å². The van der Waals surface area contributed by atoms with Gasteiger partial charge in [0, 0.05) is 63.9 Å². The first-order valence-corrected chi connectivity index (χ1v) is 11.6. The van der Waals surface area contributed by atoms with Crippen LogP contribution in [0.25, 0.3) is 0 Å². The predicted molar refractivity (Wildman–Crippen MR) is 116 cm³/mol. The van der Waals surface area contributed by atoms with Gasteiger partial charge >= 0.3 is 0 Å². The minimum absolute atomic E-state index is 0.405. The molecule has 0 aromatic heterocycles. The molecule has 0 aromatic rings. The van der Waals surface area contributed by atoms with Crippen molar-refractivity contribution in [2.75, 3.05) is 65.5 Å². The molecule has 0 spiro atoms.